The highest BCUT2D eigenvalue weighted by atomic mass is 32.1. The number of alkyl halides is 9. The first kappa shape index (κ1) is 27.8. The van der Waals surface area contributed by atoms with Crippen LogP contribution < -0.4 is 10.8 Å². The summed E-state index contributed by atoms with van der Waals surface area (Å²) >= 11 is 5.15. The number of carbonyl (C=O) groups is 1. The van der Waals surface area contributed by atoms with Gasteiger partial charge in [-0.15, -0.1) is 0 Å². The number of halogens is 9. The van der Waals surface area contributed by atoms with Crippen molar-refractivity contribution in [2.75, 3.05) is 13.2 Å². The Bertz CT molecular complexity index is 1260. The molecule has 1 aromatic heterocycles. The Hall–Kier alpha value is -3.27. The average Bonchev–Trinajstić information content (AvgIpc) is 3.45. The number of hydrogen-bond donors (Lipinski definition) is 2. The predicted octanol–water partition coefficient (Wildman–Crippen LogP) is 4.51. The van der Waals surface area contributed by atoms with E-state index in [-0.39, 0.29) is 46.8 Å². The average molecular weight is 570 g/mol. The molecule has 4 rings (SSSR count). The van der Waals surface area contributed by atoms with Crippen molar-refractivity contribution in [3.8, 4) is 0 Å². The second-order valence-corrected chi connectivity index (χ2v) is 8.96. The van der Waals surface area contributed by atoms with E-state index in [2.05, 4.69) is 20.8 Å². The summed E-state index contributed by atoms with van der Waals surface area (Å²) in [5.74, 6) is -0.476. The van der Waals surface area contributed by atoms with Crippen LogP contribution in [-0.4, -0.2) is 47.0 Å². The lowest BCUT2D eigenvalue weighted by atomic mass is 9.75. The SMILES string of the molecule is O=C1NOCC1NC(=S)c1ccc(C2=NCC(c3cc(C(F)(F)F)cc(C(F)(F)F)c3)(C(F)(F)F)C2)cn1. The molecule has 0 radical (unpaired) electrons. The van der Waals surface area contributed by atoms with Gasteiger partial charge in [0, 0.05) is 23.9 Å². The summed E-state index contributed by atoms with van der Waals surface area (Å²) in [5, 5.41) is 2.69. The van der Waals surface area contributed by atoms with E-state index in [9.17, 15) is 44.3 Å². The van der Waals surface area contributed by atoms with E-state index in [1.54, 1.807) is 0 Å². The maximum absolute atomic E-state index is 14.3. The summed E-state index contributed by atoms with van der Waals surface area (Å²) in [4.78, 5) is 24.2. The molecule has 3 heterocycles. The first-order valence-corrected chi connectivity index (χ1v) is 11.0. The number of carbonyl (C=O) groups excluding carboxylic acids is 1. The van der Waals surface area contributed by atoms with Gasteiger partial charge in [-0.25, -0.2) is 5.48 Å². The highest BCUT2D eigenvalue weighted by molar-refractivity contribution is 7.80. The highest BCUT2D eigenvalue weighted by Crippen LogP contribution is 2.50. The zero-order valence-corrected chi connectivity index (χ0v) is 19.5. The Morgan fingerprint density at radius 2 is 1.66 bits per heavy atom. The molecule has 2 aliphatic rings. The number of nitrogens with one attached hydrogen (secondary N) is 2. The summed E-state index contributed by atoms with van der Waals surface area (Å²) in [6.07, 6.45) is -15.8. The minimum absolute atomic E-state index is 0.0149. The predicted molar refractivity (Wildman–Crippen MR) is 117 cm³/mol. The molecule has 16 heteroatoms. The first-order valence-electron chi connectivity index (χ1n) is 10.6. The molecule has 0 spiro atoms. The summed E-state index contributed by atoms with van der Waals surface area (Å²) < 4.78 is 123. The number of aromatic nitrogens is 1. The third-order valence-electron chi connectivity index (χ3n) is 6.07. The van der Waals surface area contributed by atoms with Crippen LogP contribution in [0.3, 0.4) is 0 Å². The lowest BCUT2D eigenvalue weighted by Crippen LogP contribution is -2.44. The quantitative estimate of drug-likeness (QED) is 0.418. The number of pyridine rings is 1. The maximum Gasteiger partial charge on any atom is 0.416 e. The van der Waals surface area contributed by atoms with Crippen molar-refractivity contribution < 1.29 is 49.1 Å². The van der Waals surface area contributed by atoms with Gasteiger partial charge in [0.15, 0.2) is 0 Å². The Kier molecular flexibility index (Phi) is 6.93. The molecule has 0 saturated carbocycles. The van der Waals surface area contributed by atoms with Gasteiger partial charge < -0.3 is 5.32 Å². The van der Waals surface area contributed by atoms with Gasteiger partial charge in [-0.05, 0) is 35.9 Å². The Balaban J connectivity index is 1.64. The number of amides is 1. The highest BCUT2D eigenvalue weighted by Gasteiger charge is 2.59. The Morgan fingerprint density at radius 1 is 1.03 bits per heavy atom. The van der Waals surface area contributed by atoms with Crippen LogP contribution in [0.1, 0.15) is 34.4 Å². The minimum atomic E-state index is -5.32. The summed E-state index contributed by atoms with van der Waals surface area (Å²) in [6.45, 7) is -1.14. The third-order valence-corrected chi connectivity index (χ3v) is 6.39. The van der Waals surface area contributed by atoms with Gasteiger partial charge in [-0.2, -0.15) is 39.5 Å². The topological polar surface area (TPSA) is 75.6 Å². The van der Waals surface area contributed by atoms with Crippen LogP contribution in [0.15, 0.2) is 41.5 Å². The molecule has 1 amide bonds. The largest absolute Gasteiger partial charge is 0.416 e. The molecule has 2 aromatic rings. The van der Waals surface area contributed by atoms with E-state index in [1.165, 1.54) is 12.1 Å². The molecule has 1 fully saturated rings. The van der Waals surface area contributed by atoms with E-state index in [0.717, 1.165) is 6.20 Å². The molecule has 0 aliphatic carbocycles. The van der Waals surface area contributed by atoms with Crippen LogP contribution in [0.25, 0.3) is 0 Å². The first-order chi connectivity index (χ1) is 17.5. The minimum Gasteiger partial charge on any atom is -0.361 e. The van der Waals surface area contributed by atoms with E-state index in [0.29, 0.717) is 0 Å². The molecule has 204 valence electrons. The number of aliphatic imine (C=N–C) groups is 1. The number of hydrogen-bond acceptors (Lipinski definition) is 5. The third kappa shape index (κ3) is 5.32. The van der Waals surface area contributed by atoms with Crippen molar-refractivity contribution >= 4 is 28.8 Å². The molecular weight excluding hydrogens is 555 g/mol. The second-order valence-electron chi connectivity index (χ2n) is 8.55. The molecule has 2 N–H and O–H groups in total. The fourth-order valence-electron chi connectivity index (χ4n) is 3.98. The van der Waals surface area contributed by atoms with Crippen LogP contribution in [0.5, 0.6) is 0 Å². The summed E-state index contributed by atoms with van der Waals surface area (Å²) in [7, 11) is 0. The van der Waals surface area contributed by atoms with E-state index < -0.39 is 65.5 Å². The van der Waals surface area contributed by atoms with Gasteiger partial charge in [0.2, 0.25) is 0 Å². The van der Waals surface area contributed by atoms with Gasteiger partial charge in [0.25, 0.3) is 5.91 Å². The van der Waals surface area contributed by atoms with Gasteiger partial charge in [-0.3, -0.25) is 19.6 Å². The van der Waals surface area contributed by atoms with Crippen LogP contribution in [0.2, 0.25) is 0 Å². The lowest BCUT2D eigenvalue weighted by Gasteiger charge is -2.32. The summed E-state index contributed by atoms with van der Waals surface area (Å²) in [6, 6.07) is 1.77. The molecule has 6 nitrogen and oxygen atoms in total. The van der Waals surface area contributed by atoms with Crippen LogP contribution in [0, 0.1) is 0 Å². The van der Waals surface area contributed by atoms with Crippen molar-refractivity contribution in [1.29, 1.82) is 0 Å². The van der Waals surface area contributed by atoms with E-state index in [1.807, 2.05) is 0 Å². The lowest BCUT2D eigenvalue weighted by molar-refractivity contribution is -0.184. The fraction of sp³-hybridized carbons (Fsp3) is 0.364. The molecule has 2 unspecified atom stereocenters. The Morgan fingerprint density at radius 3 is 2.13 bits per heavy atom. The number of hydroxylamine groups is 1. The molecule has 1 saturated heterocycles. The molecular formula is C22H15F9N4O2S. The monoisotopic (exact) mass is 570 g/mol. The van der Waals surface area contributed by atoms with E-state index >= 15 is 0 Å². The van der Waals surface area contributed by atoms with Crippen LogP contribution in [0.4, 0.5) is 39.5 Å². The molecule has 0 bridgehead atoms. The maximum atomic E-state index is 14.3. The van der Waals surface area contributed by atoms with Crippen LogP contribution >= 0.6 is 12.2 Å². The number of thiocarbonyl (C=S) groups is 1. The summed E-state index contributed by atoms with van der Waals surface area (Å²) in [5.41, 5.74) is -5.92. The van der Waals surface area contributed by atoms with Crippen LogP contribution in [-0.2, 0) is 27.4 Å². The normalized spacial score (nSPS) is 22.3. The molecule has 2 aliphatic heterocycles. The number of rotatable bonds is 4. The second kappa shape index (κ2) is 9.48. The smallest absolute Gasteiger partial charge is 0.361 e. The number of nitrogens with zero attached hydrogens (tertiary/aromatic N) is 2. The van der Waals surface area contributed by atoms with Crippen molar-refractivity contribution in [2.24, 2.45) is 4.99 Å². The molecule has 38 heavy (non-hydrogen) atoms. The van der Waals surface area contributed by atoms with Crippen molar-refractivity contribution in [3.63, 3.8) is 0 Å². The van der Waals surface area contributed by atoms with Gasteiger partial charge in [0.1, 0.15) is 23.1 Å². The fourth-order valence-corrected chi connectivity index (χ4v) is 4.24. The molecule has 1 aromatic carbocycles. The number of benzene rings is 1. The van der Waals surface area contributed by atoms with Crippen molar-refractivity contribution in [3.05, 3.63) is 64.5 Å². The van der Waals surface area contributed by atoms with Gasteiger partial charge >= 0.3 is 18.5 Å². The van der Waals surface area contributed by atoms with Crippen molar-refractivity contribution in [1.82, 2.24) is 15.8 Å². The van der Waals surface area contributed by atoms with E-state index in [4.69, 9.17) is 17.1 Å². The standard InChI is InChI=1S/C22H15F9N4O2S/c23-20(24,25)12-3-11(4-13(5-12)21(26,27)28)19(22(29,30)31)6-15(33-9-19)10-1-2-14(32-7-10)18(38)34-16-8-37-35-17(16)36/h1-5,7,16H,6,8-9H2,(H,34,38)(H,35,36). The zero-order chi connectivity index (χ0) is 28.1. The van der Waals surface area contributed by atoms with Gasteiger partial charge in [-0.1, -0.05) is 12.2 Å². The zero-order valence-electron chi connectivity index (χ0n) is 18.7. The van der Waals surface area contributed by atoms with Gasteiger partial charge in [0.05, 0.1) is 23.4 Å². The van der Waals surface area contributed by atoms with Crippen molar-refractivity contribution in [2.45, 2.75) is 36.4 Å². The molecule has 2 atom stereocenters. The Labute approximate surface area is 213 Å².